The van der Waals surface area contributed by atoms with Crippen LogP contribution >= 0.6 is 11.6 Å². The molecule has 0 saturated heterocycles. The van der Waals surface area contributed by atoms with Crippen molar-refractivity contribution >= 4 is 28.5 Å². The van der Waals surface area contributed by atoms with Crippen LogP contribution in [0.3, 0.4) is 0 Å². The third-order valence-corrected chi connectivity index (χ3v) is 7.20. The SMILES string of the molecule is O=C(NCCCCCc1nc2ccccc2n1CCCCOc1ccc(Cl)cc1)C1CCCCC1. The van der Waals surface area contributed by atoms with E-state index in [1.54, 1.807) is 0 Å². The van der Waals surface area contributed by atoms with Crippen LogP contribution in [-0.2, 0) is 17.8 Å². The number of ether oxygens (including phenoxy) is 1. The fraction of sp³-hybridized carbons (Fsp3) is 0.517. The summed E-state index contributed by atoms with van der Waals surface area (Å²) in [4.78, 5) is 17.2. The van der Waals surface area contributed by atoms with Crippen LogP contribution in [0.1, 0.15) is 70.0 Å². The Morgan fingerprint density at radius 3 is 2.60 bits per heavy atom. The minimum Gasteiger partial charge on any atom is -0.494 e. The molecule has 1 aliphatic carbocycles. The quantitative estimate of drug-likeness (QED) is 0.261. The topological polar surface area (TPSA) is 56.2 Å². The first kappa shape index (κ1) is 25.6. The molecule has 0 atom stereocenters. The Balaban J connectivity index is 1.19. The molecule has 3 aromatic rings. The summed E-state index contributed by atoms with van der Waals surface area (Å²) in [6.45, 7) is 2.42. The van der Waals surface area contributed by atoms with E-state index in [0.29, 0.717) is 6.61 Å². The third-order valence-electron chi connectivity index (χ3n) is 6.94. The fourth-order valence-electron chi connectivity index (χ4n) is 4.96. The number of fused-ring (bicyclic) bond motifs is 1. The van der Waals surface area contributed by atoms with Crippen LogP contribution in [0.5, 0.6) is 5.75 Å². The Labute approximate surface area is 214 Å². The summed E-state index contributed by atoms with van der Waals surface area (Å²) in [7, 11) is 0. The molecular weight excluding hydrogens is 458 g/mol. The number of carbonyl (C=O) groups is 1. The van der Waals surface area contributed by atoms with Crippen molar-refractivity contribution in [3.63, 3.8) is 0 Å². The number of benzene rings is 2. The van der Waals surface area contributed by atoms with Gasteiger partial charge in [-0.05, 0) is 74.9 Å². The predicted molar refractivity (Wildman–Crippen MR) is 143 cm³/mol. The largest absolute Gasteiger partial charge is 0.494 e. The summed E-state index contributed by atoms with van der Waals surface area (Å²) in [5.41, 5.74) is 2.28. The van der Waals surface area contributed by atoms with E-state index in [1.165, 1.54) is 24.8 Å². The van der Waals surface area contributed by atoms with E-state index in [1.807, 2.05) is 24.3 Å². The molecule has 1 fully saturated rings. The Kier molecular flexibility index (Phi) is 9.88. The van der Waals surface area contributed by atoms with Gasteiger partial charge in [0.15, 0.2) is 0 Å². The minimum absolute atomic E-state index is 0.250. The lowest BCUT2D eigenvalue weighted by molar-refractivity contribution is -0.125. The molecule has 0 unspecified atom stereocenters. The van der Waals surface area contributed by atoms with E-state index >= 15 is 0 Å². The zero-order valence-electron chi connectivity index (χ0n) is 20.7. The zero-order chi connectivity index (χ0) is 24.3. The average Bonchev–Trinajstić information content (AvgIpc) is 3.24. The molecule has 0 spiro atoms. The van der Waals surface area contributed by atoms with Gasteiger partial charge in [0.1, 0.15) is 11.6 Å². The van der Waals surface area contributed by atoms with Gasteiger partial charge in [0, 0.05) is 30.5 Å². The second kappa shape index (κ2) is 13.5. The number of carbonyl (C=O) groups excluding carboxylic acids is 1. The van der Waals surface area contributed by atoms with E-state index in [9.17, 15) is 4.79 Å². The molecule has 5 nitrogen and oxygen atoms in total. The van der Waals surface area contributed by atoms with Gasteiger partial charge < -0.3 is 14.6 Å². The highest BCUT2D eigenvalue weighted by Crippen LogP contribution is 2.24. The van der Waals surface area contributed by atoms with E-state index < -0.39 is 0 Å². The smallest absolute Gasteiger partial charge is 0.223 e. The normalized spacial score (nSPS) is 14.3. The number of amides is 1. The van der Waals surface area contributed by atoms with Gasteiger partial charge in [-0.2, -0.15) is 0 Å². The van der Waals surface area contributed by atoms with Crippen LogP contribution in [0, 0.1) is 5.92 Å². The first-order valence-corrected chi connectivity index (χ1v) is 13.7. The molecule has 2 aromatic carbocycles. The van der Waals surface area contributed by atoms with Gasteiger partial charge in [0.05, 0.1) is 17.6 Å². The van der Waals surface area contributed by atoms with Crippen molar-refractivity contribution in [2.75, 3.05) is 13.2 Å². The van der Waals surface area contributed by atoms with E-state index in [0.717, 1.165) is 86.6 Å². The summed E-state index contributed by atoms with van der Waals surface area (Å²) in [5.74, 6) is 2.54. The predicted octanol–water partition coefficient (Wildman–Crippen LogP) is 6.96. The number of unbranched alkanes of at least 4 members (excludes halogenated alkanes) is 3. The highest BCUT2D eigenvalue weighted by molar-refractivity contribution is 6.30. The van der Waals surface area contributed by atoms with Crippen molar-refractivity contribution < 1.29 is 9.53 Å². The van der Waals surface area contributed by atoms with E-state index in [4.69, 9.17) is 21.3 Å². The highest BCUT2D eigenvalue weighted by Gasteiger charge is 2.20. The summed E-state index contributed by atoms with van der Waals surface area (Å²) < 4.78 is 8.22. The number of aromatic nitrogens is 2. The maximum absolute atomic E-state index is 12.3. The number of halogens is 1. The van der Waals surface area contributed by atoms with Crippen LogP contribution < -0.4 is 10.1 Å². The molecule has 1 N–H and O–H groups in total. The van der Waals surface area contributed by atoms with E-state index in [2.05, 4.69) is 34.1 Å². The summed E-state index contributed by atoms with van der Waals surface area (Å²) in [6.07, 6.45) is 12.0. The van der Waals surface area contributed by atoms with Gasteiger partial charge in [0.2, 0.25) is 5.91 Å². The first-order chi connectivity index (χ1) is 17.2. The van der Waals surface area contributed by atoms with Gasteiger partial charge in [0.25, 0.3) is 0 Å². The molecule has 0 radical (unpaired) electrons. The minimum atomic E-state index is 0.250. The number of nitrogens with zero attached hydrogens (tertiary/aromatic N) is 2. The Bertz CT molecular complexity index is 1060. The molecule has 35 heavy (non-hydrogen) atoms. The number of rotatable bonds is 13. The molecule has 1 aromatic heterocycles. The maximum Gasteiger partial charge on any atom is 0.223 e. The van der Waals surface area contributed by atoms with Crippen molar-refractivity contribution in [3.8, 4) is 5.75 Å². The van der Waals surface area contributed by atoms with Crippen LogP contribution in [0.2, 0.25) is 5.02 Å². The molecule has 0 aliphatic heterocycles. The lowest BCUT2D eigenvalue weighted by Gasteiger charge is -2.20. The van der Waals surface area contributed by atoms with E-state index in [-0.39, 0.29) is 11.8 Å². The zero-order valence-corrected chi connectivity index (χ0v) is 21.4. The van der Waals surface area contributed by atoms with Crippen molar-refractivity contribution in [1.29, 1.82) is 0 Å². The standard InChI is InChI=1S/C29H38ClN3O2/c30-24-16-18-25(19-17-24)35-22-10-9-21-33-27-14-7-6-13-26(27)32-28(33)15-5-2-8-20-31-29(34)23-11-3-1-4-12-23/h6-7,13-14,16-19,23H,1-5,8-12,15,20-22H2,(H,31,34). The second-order valence-corrected chi connectivity index (χ2v) is 10.1. The number of para-hydroxylation sites is 2. The van der Waals surface area contributed by atoms with Gasteiger partial charge >= 0.3 is 0 Å². The number of aryl methyl sites for hydroxylation is 2. The van der Waals surface area contributed by atoms with Crippen molar-refractivity contribution in [2.45, 2.75) is 77.2 Å². The average molecular weight is 496 g/mol. The molecular formula is C29H38ClN3O2. The Morgan fingerprint density at radius 2 is 1.77 bits per heavy atom. The van der Waals surface area contributed by atoms with Crippen LogP contribution in [0.25, 0.3) is 11.0 Å². The van der Waals surface area contributed by atoms with Crippen molar-refractivity contribution in [2.24, 2.45) is 5.92 Å². The molecule has 0 bridgehead atoms. The summed E-state index contributed by atoms with van der Waals surface area (Å²) >= 11 is 5.94. The monoisotopic (exact) mass is 495 g/mol. The molecule has 6 heteroatoms. The number of nitrogens with one attached hydrogen (secondary N) is 1. The summed E-state index contributed by atoms with van der Waals surface area (Å²) in [5, 5.41) is 3.88. The molecule has 1 aliphatic rings. The lowest BCUT2D eigenvalue weighted by Crippen LogP contribution is -2.32. The summed E-state index contributed by atoms with van der Waals surface area (Å²) in [6, 6.07) is 15.9. The van der Waals surface area contributed by atoms with Crippen LogP contribution in [0.4, 0.5) is 0 Å². The second-order valence-electron chi connectivity index (χ2n) is 9.61. The van der Waals surface area contributed by atoms with Gasteiger partial charge in [-0.15, -0.1) is 0 Å². The van der Waals surface area contributed by atoms with Crippen molar-refractivity contribution in [3.05, 3.63) is 59.4 Å². The van der Waals surface area contributed by atoms with Crippen LogP contribution in [0.15, 0.2) is 48.5 Å². The highest BCUT2D eigenvalue weighted by atomic mass is 35.5. The number of imidazole rings is 1. The Hall–Kier alpha value is -2.53. The number of hydrogen-bond acceptors (Lipinski definition) is 3. The molecule has 1 saturated carbocycles. The van der Waals surface area contributed by atoms with Gasteiger partial charge in [-0.3, -0.25) is 4.79 Å². The lowest BCUT2D eigenvalue weighted by atomic mass is 9.89. The molecule has 1 amide bonds. The van der Waals surface area contributed by atoms with Crippen molar-refractivity contribution in [1.82, 2.24) is 14.9 Å². The number of hydrogen-bond donors (Lipinski definition) is 1. The molecule has 188 valence electrons. The fourth-order valence-corrected chi connectivity index (χ4v) is 5.09. The molecule has 1 heterocycles. The third kappa shape index (κ3) is 7.73. The molecule has 4 rings (SSSR count). The first-order valence-electron chi connectivity index (χ1n) is 13.3. The van der Waals surface area contributed by atoms with Crippen LogP contribution in [-0.4, -0.2) is 28.6 Å². The maximum atomic E-state index is 12.3. The van der Waals surface area contributed by atoms with Gasteiger partial charge in [-0.25, -0.2) is 4.98 Å². The Morgan fingerprint density at radius 1 is 0.971 bits per heavy atom. The van der Waals surface area contributed by atoms with Gasteiger partial charge in [-0.1, -0.05) is 49.4 Å².